The van der Waals surface area contributed by atoms with E-state index in [-0.39, 0.29) is 5.76 Å². The van der Waals surface area contributed by atoms with E-state index in [1.54, 1.807) is 0 Å². The zero-order valence-corrected chi connectivity index (χ0v) is 10.9. The van der Waals surface area contributed by atoms with Gasteiger partial charge in [0.1, 0.15) is 24.4 Å². The SMILES string of the molecule is OC1=C2OCCCCCCCO[C@H]2C(O)C(O)[C@H]1O. The number of hydrogen-bond donors (Lipinski definition) is 4. The summed E-state index contributed by atoms with van der Waals surface area (Å²) in [4.78, 5) is 0. The van der Waals surface area contributed by atoms with Crippen molar-refractivity contribution in [2.24, 2.45) is 0 Å². The van der Waals surface area contributed by atoms with Crippen LogP contribution in [0.15, 0.2) is 11.5 Å². The molecule has 0 saturated carbocycles. The highest BCUT2D eigenvalue weighted by molar-refractivity contribution is 5.20. The lowest BCUT2D eigenvalue weighted by molar-refractivity contribution is -0.143. The molecule has 6 nitrogen and oxygen atoms in total. The molecule has 0 aromatic rings. The molecule has 1 aliphatic carbocycles. The Morgan fingerprint density at radius 3 is 2.21 bits per heavy atom. The summed E-state index contributed by atoms with van der Waals surface area (Å²) in [6, 6.07) is 0. The van der Waals surface area contributed by atoms with Crippen molar-refractivity contribution >= 4 is 0 Å². The molecule has 1 saturated heterocycles. The fraction of sp³-hybridized carbons (Fsp3) is 0.846. The molecule has 2 unspecified atom stereocenters. The van der Waals surface area contributed by atoms with E-state index >= 15 is 0 Å². The van der Waals surface area contributed by atoms with Gasteiger partial charge in [0.2, 0.25) is 0 Å². The molecular formula is C13H22O6. The second-order valence-corrected chi connectivity index (χ2v) is 5.08. The van der Waals surface area contributed by atoms with Crippen LogP contribution in [0.2, 0.25) is 0 Å². The minimum Gasteiger partial charge on any atom is -0.506 e. The zero-order valence-electron chi connectivity index (χ0n) is 10.9. The minimum absolute atomic E-state index is 0.0483. The molecule has 1 aliphatic heterocycles. The maximum atomic E-state index is 9.95. The number of fused-ring (bicyclic) bond motifs is 1. The summed E-state index contributed by atoms with van der Waals surface area (Å²) in [6.07, 6.45) is -0.355. The van der Waals surface area contributed by atoms with Crippen LogP contribution in [0.25, 0.3) is 0 Å². The predicted molar refractivity (Wildman–Crippen MR) is 66.5 cm³/mol. The summed E-state index contributed by atoms with van der Waals surface area (Å²) < 4.78 is 11.0. The molecule has 4 atom stereocenters. The van der Waals surface area contributed by atoms with Crippen LogP contribution in [0, 0.1) is 0 Å². The summed E-state index contributed by atoms with van der Waals surface area (Å²) in [7, 11) is 0. The Kier molecular flexibility index (Phi) is 5.04. The molecule has 1 fully saturated rings. The van der Waals surface area contributed by atoms with Crippen molar-refractivity contribution in [3.05, 3.63) is 11.5 Å². The number of ether oxygens (including phenoxy) is 2. The van der Waals surface area contributed by atoms with Crippen molar-refractivity contribution in [1.82, 2.24) is 0 Å². The summed E-state index contributed by atoms with van der Waals surface area (Å²) >= 11 is 0. The van der Waals surface area contributed by atoms with Gasteiger partial charge in [-0.25, -0.2) is 0 Å². The van der Waals surface area contributed by atoms with E-state index in [0.717, 1.165) is 32.1 Å². The number of aliphatic hydroxyl groups excluding tert-OH is 4. The minimum atomic E-state index is -1.53. The molecular weight excluding hydrogens is 252 g/mol. The van der Waals surface area contributed by atoms with Crippen molar-refractivity contribution < 1.29 is 29.9 Å². The second kappa shape index (κ2) is 6.56. The van der Waals surface area contributed by atoms with Gasteiger partial charge in [-0.15, -0.1) is 0 Å². The van der Waals surface area contributed by atoms with E-state index in [0.29, 0.717) is 13.2 Å². The Balaban J connectivity index is 2.19. The molecule has 0 spiro atoms. The first-order chi connectivity index (χ1) is 9.13. The van der Waals surface area contributed by atoms with Gasteiger partial charge in [-0.05, 0) is 12.8 Å². The third-order valence-electron chi connectivity index (χ3n) is 3.62. The van der Waals surface area contributed by atoms with Gasteiger partial charge in [-0.2, -0.15) is 0 Å². The molecule has 2 rings (SSSR count). The van der Waals surface area contributed by atoms with Crippen molar-refractivity contribution in [3.63, 3.8) is 0 Å². The highest BCUT2D eigenvalue weighted by atomic mass is 16.6. The van der Waals surface area contributed by atoms with Crippen molar-refractivity contribution in [2.45, 2.75) is 56.5 Å². The average Bonchev–Trinajstić information content (AvgIpc) is 2.46. The van der Waals surface area contributed by atoms with Crippen LogP contribution in [-0.4, -0.2) is 58.1 Å². The first-order valence-electron chi connectivity index (χ1n) is 6.84. The first-order valence-corrected chi connectivity index (χ1v) is 6.84. The summed E-state index contributed by atoms with van der Waals surface area (Å²) in [5.41, 5.74) is 0. The lowest BCUT2D eigenvalue weighted by Gasteiger charge is -2.36. The van der Waals surface area contributed by atoms with Gasteiger partial charge in [0.15, 0.2) is 11.5 Å². The van der Waals surface area contributed by atoms with E-state index in [4.69, 9.17) is 9.47 Å². The van der Waals surface area contributed by atoms with Crippen LogP contribution in [0.4, 0.5) is 0 Å². The largest absolute Gasteiger partial charge is 0.506 e. The second-order valence-electron chi connectivity index (χ2n) is 5.08. The molecule has 2 aliphatic rings. The molecule has 0 aromatic carbocycles. The molecule has 110 valence electrons. The van der Waals surface area contributed by atoms with Crippen molar-refractivity contribution in [1.29, 1.82) is 0 Å². The number of rotatable bonds is 0. The van der Waals surface area contributed by atoms with E-state index in [1.165, 1.54) is 0 Å². The molecule has 0 bridgehead atoms. The van der Waals surface area contributed by atoms with Gasteiger partial charge in [0.05, 0.1) is 6.61 Å². The average molecular weight is 274 g/mol. The third-order valence-corrected chi connectivity index (χ3v) is 3.62. The standard InChI is InChI=1S/C13H22O6/c14-8-9(15)11(17)13-12(10(8)16)18-6-4-2-1-3-5-7-19-13/h8-10,12,14-17H,1-7H2/t8?,9-,10?,12+/m1/s1. The van der Waals surface area contributed by atoms with E-state index < -0.39 is 30.2 Å². The summed E-state index contributed by atoms with van der Waals surface area (Å²) in [6.45, 7) is 0.819. The molecule has 0 radical (unpaired) electrons. The lowest BCUT2D eigenvalue weighted by atomic mass is 9.92. The smallest absolute Gasteiger partial charge is 0.168 e. The van der Waals surface area contributed by atoms with E-state index in [1.807, 2.05) is 0 Å². The first kappa shape index (κ1) is 14.6. The van der Waals surface area contributed by atoms with Gasteiger partial charge >= 0.3 is 0 Å². The Hall–Kier alpha value is -0.820. The van der Waals surface area contributed by atoms with E-state index in [9.17, 15) is 20.4 Å². The molecule has 19 heavy (non-hydrogen) atoms. The maximum absolute atomic E-state index is 9.95. The fourth-order valence-electron chi connectivity index (χ4n) is 2.43. The quantitative estimate of drug-likeness (QED) is 0.504. The Morgan fingerprint density at radius 1 is 0.842 bits per heavy atom. The van der Waals surface area contributed by atoms with Crippen LogP contribution in [0.1, 0.15) is 32.1 Å². The fourth-order valence-corrected chi connectivity index (χ4v) is 2.43. The monoisotopic (exact) mass is 274 g/mol. The molecule has 0 amide bonds. The van der Waals surface area contributed by atoms with Gasteiger partial charge in [0.25, 0.3) is 0 Å². The maximum Gasteiger partial charge on any atom is 0.168 e. The van der Waals surface area contributed by atoms with Crippen LogP contribution >= 0.6 is 0 Å². The van der Waals surface area contributed by atoms with Crippen molar-refractivity contribution in [2.75, 3.05) is 13.2 Å². The highest BCUT2D eigenvalue weighted by Crippen LogP contribution is 2.29. The van der Waals surface area contributed by atoms with Crippen LogP contribution in [-0.2, 0) is 9.47 Å². The summed E-state index contributed by atoms with van der Waals surface area (Å²) in [5.74, 6) is -0.394. The van der Waals surface area contributed by atoms with Gasteiger partial charge in [-0.3, -0.25) is 0 Å². The summed E-state index contributed by atoms with van der Waals surface area (Å²) in [5, 5.41) is 39.1. The van der Waals surface area contributed by atoms with E-state index in [2.05, 4.69) is 0 Å². The third kappa shape index (κ3) is 3.20. The van der Waals surface area contributed by atoms with Gasteiger partial charge < -0.3 is 29.9 Å². The van der Waals surface area contributed by atoms with Crippen molar-refractivity contribution in [3.8, 4) is 0 Å². The zero-order chi connectivity index (χ0) is 13.8. The Bertz CT molecular complexity index is 329. The van der Waals surface area contributed by atoms with Gasteiger partial charge in [0, 0.05) is 6.61 Å². The van der Waals surface area contributed by atoms with Crippen LogP contribution < -0.4 is 0 Å². The molecule has 0 aromatic heterocycles. The normalized spacial score (nSPS) is 38.1. The highest BCUT2D eigenvalue weighted by Gasteiger charge is 2.44. The topological polar surface area (TPSA) is 99.4 Å². The molecule has 1 heterocycles. The molecule has 6 heteroatoms. The van der Waals surface area contributed by atoms with Crippen LogP contribution in [0.3, 0.4) is 0 Å². The Labute approximate surface area is 112 Å². The van der Waals surface area contributed by atoms with Gasteiger partial charge in [-0.1, -0.05) is 19.3 Å². The van der Waals surface area contributed by atoms with Crippen LogP contribution in [0.5, 0.6) is 0 Å². The number of hydrogen-bond acceptors (Lipinski definition) is 6. The predicted octanol–water partition coefficient (Wildman–Crippen LogP) is 0.218. The number of aliphatic hydroxyl groups is 4. The lowest BCUT2D eigenvalue weighted by Crippen LogP contribution is -2.52. The molecule has 4 N–H and O–H groups in total. The Morgan fingerprint density at radius 2 is 1.47 bits per heavy atom.